The maximum atomic E-state index is 11.3. The van der Waals surface area contributed by atoms with Gasteiger partial charge in [-0.05, 0) is 12.0 Å². The van der Waals surface area contributed by atoms with Crippen molar-refractivity contribution in [1.82, 2.24) is 5.43 Å². The molecule has 3 nitrogen and oxygen atoms in total. The highest BCUT2D eigenvalue weighted by Crippen LogP contribution is 2.19. The number of hydrogen-bond acceptors (Lipinski definition) is 3. The monoisotopic (exact) mass is 224 g/mol. The summed E-state index contributed by atoms with van der Waals surface area (Å²) in [7, 11) is 0. The van der Waals surface area contributed by atoms with Gasteiger partial charge in [0.05, 0.1) is 5.25 Å². The van der Waals surface area contributed by atoms with Gasteiger partial charge in [-0.25, -0.2) is 5.84 Å². The number of rotatable bonds is 5. The highest BCUT2D eigenvalue weighted by Gasteiger charge is 2.15. The van der Waals surface area contributed by atoms with Crippen LogP contribution in [0.2, 0.25) is 0 Å². The van der Waals surface area contributed by atoms with Crippen molar-refractivity contribution in [3.8, 4) is 0 Å². The zero-order valence-electron chi connectivity index (χ0n) is 8.77. The van der Waals surface area contributed by atoms with Crippen LogP contribution in [0.3, 0.4) is 0 Å². The lowest BCUT2D eigenvalue weighted by Gasteiger charge is -2.12. The Morgan fingerprint density at radius 2 is 2.13 bits per heavy atom. The first-order valence-corrected chi connectivity index (χ1v) is 5.98. The Kier molecular flexibility index (Phi) is 5.21. The molecular weight excluding hydrogens is 208 g/mol. The Morgan fingerprint density at radius 3 is 2.67 bits per heavy atom. The minimum atomic E-state index is -0.0987. The fraction of sp³-hybridized carbons (Fsp3) is 0.364. The Balaban J connectivity index is 2.44. The topological polar surface area (TPSA) is 55.1 Å². The largest absolute Gasteiger partial charge is 0.293 e. The SMILES string of the molecule is CCC(SCc1ccccc1)C(=O)NN. The first kappa shape index (κ1) is 12.1. The molecule has 0 saturated heterocycles. The van der Waals surface area contributed by atoms with E-state index in [-0.39, 0.29) is 11.2 Å². The average molecular weight is 224 g/mol. The van der Waals surface area contributed by atoms with Crippen LogP contribution in [0.25, 0.3) is 0 Å². The van der Waals surface area contributed by atoms with E-state index in [1.54, 1.807) is 11.8 Å². The number of amides is 1. The molecule has 0 bridgehead atoms. The lowest BCUT2D eigenvalue weighted by molar-refractivity contribution is -0.120. The van der Waals surface area contributed by atoms with Crippen molar-refractivity contribution in [2.24, 2.45) is 5.84 Å². The number of hydrazine groups is 1. The maximum Gasteiger partial charge on any atom is 0.246 e. The first-order valence-electron chi connectivity index (χ1n) is 4.94. The summed E-state index contributed by atoms with van der Waals surface area (Å²) < 4.78 is 0. The summed E-state index contributed by atoms with van der Waals surface area (Å²) in [6.07, 6.45) is 0.792. The lowest BCUT2D eigenvalue weighted by atomic mass is 10.2. The summed E-state index contributed by atoms with van der Waals surface area (Å²) in [6.45, 7) is 1.98. The molecule has 0 fully saturated rings. The van der Waals surface area contributed by atoms with Crippen LogP contribution in [0.1, 0.15) is 18.9 Å². The number of carbonyl (C=O) groups excluding carboxylic acids is 1. The highest BCUT2D eigenvalue weighted by molar-refractivity contribution is 7.99. The van der Waals surface area contributed by atoms with Crippen molar-refractivity contribution in [3.05, 3.63) is 35.9 Å². The third-order valence-corrected chi connectivity index (χ3v) is 3.55. The molecule has 1 unspecified atom stereocenters. The molecule has 1 amide bonds. The first-order chi connectivity index (χ1) is 7.27. The van der Waals surface area contributed by atoms with Gasteiger partial charge in [-0.15, -0.1) is 11.8 Å². The smallest absolute Gasteiger partial charge is 0.246 e. The zero-order valence-corrected chi connectivity index (χ0v) is 9.59. The van der Waals surface area contributed by atoms with E-state index < -0.39 is 0 Å². The molecule has 1 atom stereocenters. The summed E-state index contributed by atoms with van der Waals surface area (Å²) >= 11 is 1.62. The van der Waals surface area contributed by atoms with E-state index in [1.165, 1.54) is 5.56 Å². The van der Waals surface area contributed by atoms with E-state index in [0.717, 1.165) is 12.2 Å². The highest BCUT2D eigenvalue weighted by atomic mass is 32.2. The fourth-order valence-corrected chi connectivity index (χ4v) is 2.28. The van der Waals surface area contributed by atoms with E-state index >= 15 is 0 Å². The summed E-state index contributed by atoms with van der Waals surface area (Å²) in [5.41, 5.74) is 3.42. The third kappa shape index (κ3) is 3.93. The van der Waals surface area contributed by atoms with Crippen molar-refractivity contribution in [1.29, 1.82) is 0 Å². The van der Waals surface area contributed by atoms with Gasteiger partial charge in [-0.3, -0.25) is 10.2 Å². The maximum absolute atomic E-state index is 11.3. The van der Waals surface area contributed by atoms with Gasteiger partial charge in [0, 0.05) is 5.75 Å². The predicted molar refractivity (Wildman–Crippen MR) is 64.1 cm³/mol. The molecule has 0 radical (unpaired) electrons. The number of carbonyl (C=O) groups is 1. The summed E-state index contributed by atoms with van der Waals surface area (Å²) in [5, 5.41) is -0.0600. The molecule has 1 aromatic carbocycles. The number of nitrogens with two attached hydrogens (primary N) is 1. The number of hydrogen-bond donors (Lipinski definition) is 2. The van der Waals surface area contributed by atoms with Crippen LogP contribution >= 0.6 is 11.8 Å². The number of nitrogens with one attached hydrogen (secondary N) is 1. The van der Waals surface area contributed by atoms with Crippen molar-refractivity contribution in [2.45, 2.75) is 24.3 Å². The third-order valence-electron chi connectivity index (χ3n) is 2.10. The van der Waals surface area contributed by atoms with Crippen molar-refractivity contribution in [2.75, 3.05) is 0 Å². The summed E-state index contributed by atoms with van der Waals surface area (Å²) in [6, 6.07) is 10.1. The van der Waals surface area contributed by atoms with Gasteiger partial charge in [0.2, 0.25) is 5.91 Å². The minimum absolute atomic E-state index is 0.0600. The molecule has 3 N–H and O–H groups in total. The van der Waals surface area contributed by atoms with Crippen LogP contribution in [0.15, 0.2) is 30.3 Å². The molecule has 1 aromatic rings. The van der Waals surface area contributed by atoms with Crippen molar-refractivity contribution in [3.63, 3.8) is 0 Å². The second kappa shape index (κ2) is 6.48. The van der Waals surface area contributed by atoms with Crippen molar-refractivity contribution >= 4 is 17.7 Å². The molecule has 0 aliphatic rings. The van der Waals surface area contributed by atoms with Gasteiger partial charge in [-0.1, -0.05) is 37.3 Å². The van der Waals surface area contributed by atoms with E-state index in [9.17, 15) is 4.79 Å². The van der Waals surface area contributed by atoms with E-state index in [2.05, 4.69) is 17.6 Å². The minimum Gasteiger partial charge on any atom is -0.293 e. The average Bonchev–Trinajstić information content (AvgIpc) is 2.31. The van der Waals surface area contributed by atoms with Gasteiger partial charge >= 0.3 is 0 Å². The summed E-state index contributed by atoms with van der Waals surface area (Å²) in [5.74, 6) is 5.85. The number of thioether (sulfide) groups is 1. The normalized spacial score (nSPS) is 12.1. The zero-order chi connectivity index (χ0) is 11.1. The molecule has 0 saturated carbocycles. The molecule has 0 aliphatic heterocycles. The van der Waals surface area contributed by atoms with Gasteiger partial charge in [-0.2, -0.15) is 0 Å². The van der Waals surface area contributed by atoms with Crippen molar-refractivity contribution < 1.29 is 4.79 Å². The Labute approximate surface area is 94.4 Å². The Hall–Kier alpha value is -1.00. The Bertz CT molecular complexity index is 303. The fourth-order valence-electron chi connectivity index (χ4n) is 1.24. The van der Waals surface area contributed by atoms with E-state index in [1.807, 2.05) is 25.1 Å². The van der Waals surface area contributed by atoms with E-state index in [0.29, 0.717) is 0 Å². The molecule has 4 heteroatoms. The summed E-state index contributed by atoms with van der Waals surface area (Å²) in [4.78, 5) is 11.3. The molecule has 0 heterocycles. The lowest BCUT2D eigenvalue weighted by Crippen LogP contribution is -2.37. The predicted octanol–water partition coefficient (Wildman–Crippen LogP) is 1.69. The Morgan fingerprint density at radius 1 is 1.47 bits per heavy atom. The molecule has 0 aliphatic carbocycles. The van der Waals surface area contributed by atoms with E-state index in [4.69, 9.17) is 5.84 Å². The van der Waals surface area contributed by atoms with Crippen LogP contribution in [-0.4, -0.2) is 11.2 Å². The van der Waals surface area contributed by atoms with Crippen LogP contribution < -0.4 is 11.3 Å². The number of benzene rings is 1. The molecule has 82 valence electrons. The van der Waals surface area contributed by atoms with Crippen LogP contribution in [0.5, 0.6) is 0 Å². The molecular formula is C11H16N2OS. The quantitative estimate of drug-likeness (QED) is 0.454. The van der Waals surface area contributed by atoms with Crippen LogP contribution in [-0.2, 0) is 10.5 Å². The van der Waals surface area contributed by atoms with Gasteiger partial charge in [0.1, 0.15) is 0 Å². The second-order valence-corrected chi connectivity index (χ2v) is 4.39. The molecule has 0 aromatic heterocycles. The van der Waals surface area contributed by atoms with Crippen LogP contribution in [0.4, 0.5) is 0 Å². The van der Waals surface area contributed by atoms with Gasteiger partial charge in [0.25, 0.3) is 0 Å². The second-order valence-electron chi connectivity index (χ2n) is 3.20. The van der Waals surface area contributed by atoms with Gasteiger partial charge < -0.3 is 0 Å². The standard InChI is InChI=1S/C11H16N2OS/c1-2-10(11(14)13-12)15-8-9-6-4-3-5-7-9/h3-7,10H,2,8,12H2,1H3,(H,13,14). The molecule has 0 spiro atoms. The molecule has 15 heavy (non-hydrogen) atoms. The van der Waals surface area contributed by atoms with Gasteiger partial charge in [0.15, 0.2) is 0 Å². The molecule has 1 rings (SSSR count). The van der Waals surface area contributed by atoms with Crippen LogP contribution in [0, 0.1) is 0 Å².